The number of rotatable bonds is 5. The first-order chi connectivity index (χ1) is 19.6. The number of ether oxygens (including phenoxy) is 2. The fraction of sp³-hybridized carbons (Fsp3) is 0.552. The van der Waals surface area contributed by atoms with Crippen molar-refractivity contribution in [2.24, 2.45) is 5.92 Å². The lowest BCUT2D eigenvalue weighted by atomic mass is 10.2. The number of benzene rings is 1. The summed E-state index contributed by atoms with van der Waals surface area (Å²) in [7, 11) is -2.50. The number of nitrogens with zero attached hydrogens (tertiary/aromatic N) is 3. The highest BCUT2D eigenvalue weighted by Gasteiger charge is 2.38. The van der Waals surface area contributed by atoms with E-state index in [2.05, 4.69) is 23.3 Å². The van der Waals surface area contributed by atoms with Crippen molar-refractivity contribution in [1.82, 2.24) is 9.78 Å². The number of hydrogen-bond acceptors (Lipinski definition) is 7. The van der Waals surface area contributed by atoms with Gasteiger partial charge in [-0.15, -0.1) is 17.9 Å². The van der Waals surface area contributed by atoms with E-state index in [1.54, 1.807) is 36.7 Å². The molecule has 0 aliphatic carbocycles. The van der Waals surface area contributed by atoms with Gasteiger partial charge in [0.05, 0.1) is 31.0 Å². The maximum Gasteiger partial charge on any atom is 0.305 e. The minimum Gasteiger partial charge on any atom is -0.489 e. The number of anilines is 2. The second kappa shape index (κ2) is 20.2. The third-order valence-corrected chi connectivity index (χ3v) is 6.98. The summed E-state index contributed by atoms with van der Waals surface area (Å²) in [6.45, 7) is 17.7. The highest BCUT2D eigenvalue weighted by atomic mass is 32.2. The number of nitrogens with one attached hydrogen (secondary N) is 1. The number of carboxylic acids is 1. The van der Waals surface area contributed by atoms with Crippen molar-refractivity contribution in [3.8, 4) is 24.5 Å². The molecular weight excluding hydrogens is 548 g/mol. The van der Waals surface area contributed by atoms with Crippen LogP contribution >= 0.6 is 0 Å². The Hall–Kier alpha value is -3.72. The number of terminal acetylenes is 1. The molecule has 232 valence electrons. The summed E-state index contributed by atoms with van der Waals surface area (Å²) in [5.41, 5.74) is 1.55. The Morgan fingerprint density at radius 2 is 1.66 bits per heavy atom. The van der Waals surface area contributed by atoms with Gasteiger partial charge in [-0.2, -0.15) is 0 Å². The van der Waals surface area contributed by atoms with Gasteiger partial charge < -0.3 is 19.9 Å². The van der Waals surface area contributed by atoms with E-state index in [0.29, 0.717) is 35.8 Å². The predicted octanol–water partition coefficient (Wildman–Crippen LogP) is 5.44. The lowest BCUT2D eigenvalue weighted by Crippen LogP contribution is -2.38. The van der Waals surface area contributed by atoms with Gasteiger partial charge in [0, 0.05) is 19.2 Å². The second-order valence-corrected chi connectivity index (χ2v) is 9.69. The van der Waals surface area contributed by atoms with Crippen LogP contribution in [0.3, 0.4) is 0 Å². The van der Waals surface area contributed by atoms with Crippen molar-refractivity contribution in [2.45, 2.75) is 86.6 Å². The standard InChI is InChI=1S/C17H20N4O5S.C4H8O2.3C2H6.C2H2/c1-11(22)18-12-5-6-15-14(10-12)21(8-9-26-15)27(23,24)16-13-4-3-7-20(13)19-17(16)25-2;1-3(2)4(5)6;4*1-2/h5-6,10H,3-4,7-9H2,1-2H3,(H,18,22);3H,1-2H3,(H,5,6);3*1-2H3;1-2H. The summed E-state index contributed by atoms with van der Waals surface area (Å²) < 4.78 is 40.9. The highest BCUT2D eigenvalue weighted by Crippen LogP contribution is 2.40. The molecule has 4 rings (SSSR count). The Kier molecular flexibility index (Phi) is 19.4. The normalized spacial score (nSPS) is 12.2. The van der Waals surface area contributed by atoms with Gasteiger partial charge in [0.2, 0.25) is 5.91 Å². The quantitative estimate of drug-likeness (QED) is 0.435. The monoisotopic (exact) mass is 596 g/mol. The molecule has 1 aromatic heterocycles. The number of amides is 1. The predicted molar refractivity (Wildman–Crippen MR) is 164 cm³/mol. The first-order valence-corrected chi connectivity index (χ1v) is 15.3. The summed E-state index contributed by atoms with van der Waals surface area (Å²) in [5, 5.41) is 14.9. The fourth-order valence-electron chi connectivity index (χ4n) is 3.51. The lowest BCUT2D eigenvalue weighted by molar-refractivity contribution is -0.140. The maximum atomic E-state index is 13.5. The van der Waals surface area contributed by atoms with Gasteiger partial charge in [0.25, 0.3) is 15.9 Å². The molecule has 3 heterocycles. The van der Waals surface area contributed by atoms with E-state index >= 15 is 0 Å². The molecule has 0 radical (unpaired) electrons. The molecule has 41 heavy (non-hydrogen) atoms. The zero-order chi connectivity index (χ0) is 32.3. The van der Waals surface area contributed by atoms with Crippen molar-refractivity contribution >= 4 is 33.3 Å². The molecule has 0 saturated carbocycles. The van der Waals surface area contributed by atoms with E-state index in [0.717, 1.165) is 6.42 Å². The number of aromatic nitrogens is 2. The number of methoxy groups -OCH3 is 1. The molecule has 11 nitrogen and oxygen atoms in total. The second-order valence-electron chi connectivity index (χ2n) is 7.89. The van der Waals surface area contributed by atoms with Crippen molar-refractivity contribution in [3.63, 3.8) is 0 Å². The summed E-state index contributed by atoms with van der Waals surface area (Å²) >= 11 is 0. The smallest absolute Gasteiger partial charge is 0.305 e. The third kappa shape index (κ3) is 10.6. The Balaban J connectivity index is 0. The number of hydrogen-bond donors (Lipinski definition) is 2. The molecule has 0 saturated heterocycles. The Morgan fingerprint density at radius 1 is 1.10 bits per heavy atom. The molecule has 0 spiro atoms. The number of carbonyl (C=O) groups excluding carboxylic acids is 1. The average molecular weight is 597 g/mol. The Bertz CT molecular complexity index is 1210. The van der Waals surface area contributed by atoms with Gasteiger partial charge in [0.1, 0.15) is 12.4 Å². The van der Waals surface area contributed by atoms with Gasteiger partial charge in [-0.05, 0) is 31.0 Å². The molecule has 1 aromatic carbocycles. The Labute approximate surface area is 246 Å². The number of fused-ring (bicyclic) bond motifs is 2. The topological polar surface area (TPSA) is 140 Å². The SMILES string of the molecule is C#C.CC.CC.CC.CC(C)C(=O)O.COc1nn2c(c1S(=O)(=O)N1CCOc3ccc(NC(C)=O)cc31)CCC2. The van der Waals surface area contributed by atoms with Crippen LogP contribution in [0, 0.1) is 18.8 Å². The maximum absolute atomic E-state index is 13.5. The van der Waals surface area contributed by atoms with Crippen LogP contribution < -0.4 is 19.1 Å². The number of aliphatic carboxylic acids is 1. The zero-order valence-electron chi connectivity index (χ0n) is 26.1. The van der Waals surface area contributed by atoms with Crippen LogP contribution in [-0.2, 0) is 32.6 Å². The van der Waals surface area contributed by atoms with Crippen LogP contribution in [0.1, 0.15) is 74.4 Å². The van der Waals surface area contributed by atoms with Crippen LogP contribution in [-0.4, -0.2) is 55.4 Å². The molecule has 2 N–H and O–H groups in total. The van der Waals surface area contributed by atoms with Crippen LogP contribution in [0.2, 0.25) is 0 Å². The molecular formula is C29H48N4O7S. The van der Waals surface area contributed by atoms with Gasteiger partial charge in [-0.3, -0.25) is 18.6 Å². The first-order valence-electron chi connectivity index (χ1n) is 13.8. The molecule has 2 aromatic rings. The molecule has 0 unspecified atom stereocenters. The molecule has 12 heteroatoms. The number of sulfonamides is 1. The fourth-order valence-corrected chi connectivity index (χ4v) is 5.29. The van der Waals surface area contributed by atoms with Gasteiger partial charge in [-0.1, -0.05) is 55.4 Å². The van der Waals surface area contributed by atoms with E-state index in [9.17, 15) is 18.0 Å². The summed E-state index contributed by atoms with van der Waals surface area (Å²) in [4.78, 5) is 21.2. The van der Waals surface area contributed by atoms with Crippen LogP contribution in [0.15, 0.2) is 23.1 Å². The number of carbonyl (C=O) groups is 2. The average Bonchev–Trinajstić information content (AvgIpc) is 3.58. The Morgan fingerprint density at radius 3 is 2.15 bits per heavy atom. The van der Waals surface area contributed by atoms with Gasteiger partial charge in [-0.25, -0.2) is 8.42 Å². The summed E-state index contributed by atoms with van der Waals surface area (Å²) in [6, 6.07) is 4.93. The number of carboxylic acid groups (broad SMARTS) is 1. The molecule has 1 amide bonds. The third-order valence-electron chi connectivity index (χ3n) is 5.10. The van der Waals surface area contributed by atoms with Crippen molar-refractivity contribution in [3.05, 3.63) is 23.9 Å². The van der Waals surface area contributed by atoms with E-state index in [1.165, 1.54) is 18.3 Å². The zero-order valence-corrected chi connectivity index (χ0v) is 27.0. The molecule has 0 atom stereocenters. The van der Waals surface area contributed by atoms with E-state index in [1.807, 2.05) is 41.5 Å². The first kappa shape index (κ1) is 39.4. The minimum absolute atomic E-state index is 0.107. The van der Waals surface area contributed by atoms with Crippen molar-refractivity contribution in [2.75, 3.05) is 29.9 Å². The van der Waals surface area contributed by atoms with E-state index in [-0.39, 0.29) is 35.8 Å². The molecule has 2 aliphatic rings. The van der Waals surface area contributed by atoms with Crippen LogP contribution in [0.25, 0.3) is 0 Å². The van der Waals surface area contributed by atoms with Crippen molar-refractivity contribution in [1.29, 1.82) is 0 Å². The largest absolute Gasteiger partial charge is 0.489 e. The molecule has 0 fully saturated rings. The highest BCUT2D eigenvalue weighted by molar-refractivity contribution is 7.93. The molecule has 0 bridgehead atoms. The minimum atomic E-state index is -3.91. The van der Waals surface area contributed by atoms with E-state index < -0.39 is 16.0 Å². The van der Waals surface area contributed by atoms with E-state index in [4.69, 9.17) is 14.6 Å². The van der Waals surface area contributed by atoms with Crippen molar-refractivity contribution < 1.29 is 32.6 Å². The van der Waals surface area contributed by atoms with Gasteiger partial charge in [0.15, 0.2) is 4.90 Å². The summed E-state index contributed by atoms with van der Waals surface area (Å²) in [6.07, 6.45) is 9.48. The van der Waals surface area contributed by atoms with Crippen LogP contribution in [0.5, 0.6) is 11.6 Å². The number of aryl methyl sites for hydroxylation is 1. The lowest BCUT2D eigenvalue weighted by Gasteiger charge is -2.30. The van der Waals surface area contributed by atoms with Crippen LogP contribution in [0.4, 0.5) is 11.4 Å². The summed E-state index contributed by atoms with van der Waals surface area (Å²) in [5.74, 6) is -0.658. The van der Waals surface area contributed by atoms with Gasteiger partial charge >= 0.3 is 5.97 Å². The molecule has 2 aliphatic heterocycles.